The van der Waals surface area contributed by atoms with Crippen LogP contribution in [0, 0.1) is 0 Å². The third-order valence-electron chi connectivity index (χ3n) is 5.22. The van der Waals surface area contributed by atoms with Crippen LogP contribution in [0.2, 0.25) is 0 Å². The van der Waals surface area contributed by atoms with E-state index in [4.69, 9.17) is 5.73 Å². The van der Waals surface area contributed by atoms with E-state index in [2.05, 4.69) is 20.6 Å². The number of nitrogens with one attached hydrogen (secondary N) is 2. The topological polar surface area (TPSA) is 119 Å². The second kappa shape index (κ2) is 7.00. The van der Waals surface area contributed by atoms with Crippen LogP contribution in [0.15, 0.2) is 60.8 Å². The number of primary amides is 1. The number of hydrogen-bond acceptors (Lipinski definition) is 4. The first-order chi connectivity index (χ1) is 14.6. The van der Waals surface area contributed by atoms with Gasteiger partial charge < -0.3 is 11.1 Å². The van der Waals surface area contributed by atoms with E-state index in [0.29, 0.717) is 12.0 Å². The highest BCUT2D eigenvalue weighted by molar-refractivity contribution is 6.04. The minimum atomic E-state index is -0.559. The predicted octanol–water partition coefficient (Wildman–Crippen LogP) is 2.71. The van der Waals surface area contributed by atoms with Crippen LogP contribution in [0.3, 0.4) is 0 Å². The Bertz CT molecular complexity index is 1250. The molecule has 0 radical (unpaired) electrons. The number of carbonyl (C=O) groups is 2. The molecule has 0 bridgehead atoms. The van der Waals surface area contributed by atoms with Crippen LogP contribution in [0.1, 0.15) is 32.1 Å². The number of H-pyrrole nitrogens is 1. The van der Waals surface area contributed by atoms with E-state index >= 15 is 0 Å². The third-order valence-corrected chi connectivity index (χ3v) is 5.22. The van der Waals surface area contributed by atoms with Crippen molar-refractivity contribution in [3.05, 3.63) is 83.3 Å². The van der Waals surface area contributed by atoms with Crippen molar-refractivity contribution in [1.82, 2.24) is 20.0 Å². The lowest BCUT2D eigenvalue weighted by molar-refractivity contribution is 0.0992. The molecule has 4 aromatic rings. The number of benzene rings is 2. The lowest BCUT2D eigenvalue weighted by atomic mass is 9.93. The summed E-state index contributed by atoms with van der Waals surface area (Å²) < 4.78 is 1.70. The van der Waals surface area contributed by atoms with Gasteiger partial charge in [-0.15, -0.1) is 0 Å². The number of amides is 2. The number of fused-ring (bicyclic) bond motifs is 3. The van der Waals surface area contributed by atoms with Gasteiger partial charge >= 0.3 is 0 Å². The lowest BCUT2D eigenvalue weighted by Gasteiger charge is -2.14. The highest BCUT2D eigenvalue weighted by Crippen LogP contribution is 2.35. The van der Waals surface area contributed by atoms with Gasteiger partial charge in [0.1, 0.15) is 0 Å². The minimum Gasteiger partial charge on any atom is -0.364 e. The van der Waals surface area contributed by atoms with Crippen LogP contribution in [0.4, 0.5) is 5.69 Å². The zero-order valence-electron chi connectivity index (χ0n) is 15.9. The molecule has 1 aliphatic carbocycles. The molecule has 2 aromatic heterocycles. The number of nitrogens with zero attached hydrogens (tertiary/aromatic N) is 3. The van der Waals surface area contributed by atoms with Crippen molar-refractivity contribution in [3.8, 4) is 16.9 Å². The molecule has 148 valence electrons. The standard InChI is InChI=1S/C22H18N6O2/c23-21(29)19-16-10-11-18-17(12-24-26-18)20(16)28(27-19)15-8-6-13(7-9-15)22(30)25-14-4-2-1-3-5-14/h1-9,12H,10-11H2,(H2,23,29)(H,24,26)(H,25,30). The average Bonchev–Trinajstić information content (AvgIpc) is 3.39. The number of nitrogens with two attached hydrogens (primary N) is 1. The molecule has 0 saturated heterocycles. The van der Waals surface area contributed by atoms with Crippen LogP contribution in [0.25, 0.3) is 16.9 Å². The van der Waals surface area contributed by atoms with Gasteiger partial charge in [0.25, 0.3) is 11.8 Å². The smallest absolute Gasteiger partial charge is 0.269 e. The first kappa shape index (κ1) is 17.9. The van der Waals surface area contributed by atoms with Gasteiger partial charge in [-0.05, 0) is 49.2 Å². The highest BCUT2D eigenvalue weighted by atomic mass is 16.2. The normalized spacial score (nSPS) is 12.1. The fraction of sp³-hybridized carbons (Fsp3) is 0.0909. The fourth-order valence-corrected chi connectivity index (χ4v) is 3.78. The second-order valence-electron chi connectivity index (χ2n) is 7.08. The number of para-hydroxylation sites is 1. The number of hydrogen-bond donors (Lipinski definition) is 3. The molecular formula is C22H18N6O2. The lowest BCUT2D eigenvalue weighted by Crippen LogP contribution is -2.15. The molecule has 0 unspecified atom stereocenters. The van der Waals surface area contributed by atoms with Gasteiger partial charge in [0.05, 0.1) is 17.6 Å². The van der Waals surface area contributed by atoms with Crippen molar-refractivity contribution in [1.29, 1.82) is 0 Å². The monoisotopic (exact) mass is 398 g/mol. The maximum Gasteiger partial charge on any atom is 0.269 e. The Morgan fingerprint density at radius 3 is 2.53 bits per heavy atom. The number of aromatic nitrogens is 4. The van der Waals surface area contributed by atoms with Crippen molar-refractivity contribution < 1.29 is 9.59 Å². The van der Waals surface area contributed by atoms with Gasteiger partial charge in [0.2, 0.25) is 0 Å². The Balaban J connectivity index is 1.51. The van der Waals surface area contributed by atoms with Gasteiger partial charge in [0, 0.05) is 28.1 Å². The number of anilines is 1. The van der Waals surface area contributed by atoms with E-state index in [1.165, 1.54) is 0 Å². The van der Waals surface area contributed by atoms with Gasteiger partial charge in [-0.25, -0.2) is 4.68 Å². The molecule has 1 aliphatic rings. The Hall–Kier alpha value is -4.20. The first-order valence-electron chi connectivity index (χ1n) is 9.53. The molecule has 8 nitrogen and oxygen atoms in total. The van der Waals surface area contributed by atoms with Gasteiger partial charge in [-0.1, -0.05) is 18.2 Å². The molecule has 0 aliphatic heterocycles. The molecule has 0 atom stereocenters. The molecule has 0 saturated carbocycles. The summed E-state index contributed by atoms with van der Waals surface area (Å²) in [7, 11) is 0. The van der Waals surface area contributed by atoms with Crippen molar-refractivity contribution in [3.63, 3.8) is 0 Å². The number of carbonyl (C=O) groups excluding carboxylic acids is 2. The summed E-state index contributed by atoms with van der Waals surface area (Å²) in [5.74, 6) is -0.763. The number of rotatable bonds is 4. The van der Waals surface area contributed by atoms with Gasteiger partial charge in [0.15, 0.2) is 5.69 Å². The zero-order valence-corrected chi connectivity index (χ0v) is 15.9. The van der Waals surface area contributed by atoms with Crippen LogP contribution < -0.4 is 11.1 Å². The minimum absolute atomic E-state index is 0.204. The first-order valence-corrected chi connectivity index (χ1v) is 9.53. The Kier molecular flexibility index (Phi) is 4.17. The molecular weight excluding hydrogens is 380 g/mol. The number of aryl methyl sites for hydroxylation is 1. The summed E-state index contributed by atoms with van der Waals surface area (Å²) in [4.78, 5) is 24.5. The Morgan fingerprint density at radius 1 is 1.03 bits per heavy atom. The summed E-state index contributed by atoms with van der Waals surface area (Å²) in [6.07, 6.45) is 3.13. The second-order valence-corrected chi connectivity index (χ2v) is 7.08. The van der Waals surface area contributed by atoms with Crippen molar-refractivity contribution in [2.75, 3.05) is 5.32 Å². The SMILES string of the molecule is NC(=O)c1nn(-c2ccc(C(=O)Nc3ccccc3)cc2)c2c1CCc1[nH]ncc1-2. The van der Waals surface area contributed by atoms with Crippen molar-refractivity contribution in [2.45, 2.75) is 12.8 Å². The molecule has 2 amide bonds. The summed E-state index contributed by atoms with van der Waals surface area (Å²) in [6, 6.07) is 16.3. The van der Waals surface area contributed by atoms with Crippen molar-refractivity contribution in [2.24, 2.45) is 5.73 Å². The van der Waals surface area contributed by atoms with Gasteiger partial charge in [-0.2, -0.15) is 10.2 Å². The van der Waals surface area contributed by atoms with Gasteiger partial charge in [-0.3, -0.25) is 14.7 Å². The molecule has 2 aromatic carbocycles. The molecule has 0 spiro atoms. The molecule has 8 heteroatoms. The average molecular weight is 398 g/mol. The van der Waals surface area contributed by atoms with E-state index in [9.17, 15) is 9.59 Å². The van der Waals surface area contributed by atoms with E-state index in [1.807, 2.05) is 30.3 Å². The van der Waals surface area contributed by atoms with Crippen molar-refractivity contribution >= 4 is 17.5 Å². The van der Waals surface area contributed by atoms with E-state index in [-0.39, 0.29) is 11.6 Å². The molecule has 0 fully saturated rings. The van der Waals surface area contributed by atoms with E-state index < -0.39 is 5.91 Å². The molecule has 30 heavy (non-hydrogen) atoms. The van der Waals surface area contributed by atoms with Crippen LogP contribution in [-0.4, -0.2) is 31.8 Å². The van der Waals surface area contributed by atoms with E-state index in [0.717, 1.165) is 40.3 Å². The summed E-state index contributed by atoms with van der Waals surface area (Å²) in [5, 5.41) is 14.5. The zero-order chi connectivity index (χ0) is 20.7. The Morgan fingerprint density at radius 2 is 1.80 bits per heavy atom. The molecule has 2 heterocycles. The quantitative estimate of drug-likeness (QED) is 0.490. The molecule has 4 N–H and O–H groups in total. The number of aromatic amines is 1. The van der Waals surface area contributed by atoms with E-state index in [1.54, 1.807) is 35.1 Å². The largest absolute Gasteiger partial charge is 0.364 e. The van der Waals surface area contributed by atoms with Crippen LogP contribution in [0.5, 0.6) is 0 Å². The maximum absolute atomic E-state index is 12.5. The predicted molar refractivity (Wildman–Crippen MR) is 111 cm³/mol. The highest BCUT2D eigenvalue weighted by Gasteiger charge is 2.29. The third kappa shape index (κ3) is 2.95. The summed E-state index contributed by atoms with van der Waals surface area (Å²) >= 11 is 0. The van der Waals surface area contributed by atoms with Crippen LogP contribution >= 0.6 is 0 Å². The summed E-state index contributed by atoms with van der Waals surface area (Å²) in [6.45, 7) is 0. The Labute approximate surface area is 171 Å². The maximum atomic E-state index is 12.5. The molecule has 5 rings (SSSR count). The van der Waals surface area contributed by atoms with Crippen LogP contribution in [-0.2, 0) is 12.8 Å². The summed E-state index contributed by atoms with van der Waals surface area (Å²) in [5.41, 5.74) is 11.3. The fourth-order valence-electron chi connectivity index (χ4n) is 3.78.